The molecule has 0 fully saturated rings. The molecule has 0 bridgehead atoms. The number of pyridine rings is 1. The molecule has 1 heterocycles. The third kappa shape index (κ3) is 1.49. The Morgan fingerprint density at radius 1 is 1.12 bits per heavy atom. The molecule has 0 saturated carbocycles. The van der Waals surface area contributed by atoms with Crippen molar-refractivity contribution in [2.24, 2.45) is 0 Å². The van der Waals surface area contributed by atoms with Gasteiger partial charge in [-0.3, -0.25) is 4.98 Å². The Kier molecular flexibility index (Phi) is 2.43. The first-order chi connectivity index (χ1) is 8.20. The average molecular weight is 225 g/mol. The summed E-state index contributed by atoms with van der Waals surface area (Å²) in [6.07, 6.45) is 7.80. The summed E-state index contributed by atoms with van der Waals surface area (Å²) in [5, 5.41) is 2.78. The molecule has 0 N–H and O–H groups in total. The second kappa shape index (κ2) is 3.83. The fraction of sp³-hybridized carbons (Fsp3) is 0.438. The minimum absolute atomic E-state index is 0.604. The molecule has 17 heavy (non-hydrogen) atoms. The third-order valence-corrected chi connectivity index (χ3v) is 4.09. The largest absolute Gasteiger partial charge is 0.264 e. The molecule has 88 valence electrons. The number of nitrogens with zero attached hydrogens (tertiary/aromatic N) is 1. The predicted molar refractivity (Wildman–Crippen MR) is 72.6 cm³/mol. The van der Waals surface area contributed by atoms with E-state index in [0.717, 1.165) is 0 Å². The minimum atomic E-state index is 0.604. The summed E-state index contributed by atoms with van der Waals surface area (Å²) in [7, 11) is 0. The van der Waals surface area contributed by atoms with Crippen molar-refractivity contribution in [3.63, 3.8) is 0 Å². The van der Waals surface area contributed by atoms with Gasteiger partial charge in [-0.15, -0.1) is 0 Å². The van der Waals surface area contributed by atoms with Gasteiger partial charge in [-0.05, 0) is 65.8 Å². The zero-order valence-corrected chi connectivity index (χ0v) is 10.9. The zero-order chi connectivity index (χ0) is 12.0. The van der Waals surface area contributed by atoms with Crippen molar-refractivity contribution in [3.05, 3.63) is 40.7 Å². The topological polar surface area (TPSA) is 12.9 Å². The molecule has 1 aliphatic carbocycles. The van der Waals surface area contributed by atoms with Crippen LogP contribution in [0.2, 0.25) is 0 Å². The van der Waals surface area contributed by atoms with Gasteiger partial charge >= 0.3 is 0 Å². The van der Waals surface area contributed by atoms with Crippen LogP contribution < -0.4 is 0 Å². The monoisotopic (exact) mass is 225 g/mol. The molecule has 0 amide bonds. The second-order valence-electron chi connectivity index (χ2n) is 5.43. The first-order valence-corrected chi connectivity index (χ1v) is 6.58. The summed E-state index contributed by atoms with van der Waals surface area (Å²) in [5.74, 6) is 0.604. The Bertz CT molecular complexity index is 582. The van der Waals surface area contributed by atoms with Crippen LogP contribution >= 0.6 is 0 Å². The van der Waals surface area contributed by atoms with E-state index >= 15 is 0 Å². The normalized spacial score (nSPS) is 14.6. The van der Waals surface area contributed by atoms with Crippen LogP contribution in [0.4, 0.5) is 0 Å². The molecule has 1 aliphatic rings. The molecular weight excluding hydrogens is 206 g/mol. The lowest BCUT2D eigenvalue weighted by Crippen LogP contribution is -2.00. The first-order valence-electron chi connectivity index (χ1n) is 6.58. The number of aromatic nitrogens is 1. The molecule has 0 spiro atoms. The molecule has 1 aromatic heterocycles. The van der Waals surface area contributed by atoms with Crippen molar-refractivity contribution in [1.82, 2.24) is 4.98 Å². The standard InChI is InChI=1S/C16H19N/c1-10(2)16-13-6-4-5-12(13)11(3)15-9-17-8-7-14(15)16/h7-10H,4-6H2,1-3H3. The van der Waals surface area contributed by atoms with Gasteiger partial charge in [0.05, 0.1) is 0 Å². The maximum absolute atomic E-state index is 4.30. The number of fused-ring (bicyclic) bond motifs is 2. The van der Waals surface area contributed by atoms with E-state index in [0.29, 0.717) is 5.92 Å². The highest BCUT2D eigenvalue weighted by molar-refractivity contribution is 5.91. The second-order valence-corrected chi connectivity index (χ2v) is 5.43. The van der Waals surface area contributed by atoms with Crippen LogP contribution in [-0.2, 0) is 12.8 Å². The Hall–Kier alpha value is -1.37. The smallest absolute Gasteiger partial charge is 0.0349 e. The molecule has 1 heteroatoms. The summed E-state index contributed by atoms with van der Waals surface area (Å²) < 4.78 is 0. The van der Waals surface area contributed by atoms with E-state index < -0.39 is 0 Å². The Morgan fingerprint density at radius 3 is 2.65 bits per heavy atom. The number of aryl methyl sites for hydroxylation is 1. The van der Waals surface area contributed by atoms with Gasteiger partial charge in [0, 0.05) is 17.8 Å². The highest BCUT2D eigenvalue weighted by Crippen LogP contribution is 2.38. The summed E-state index contributed by atoms with van der Waals surface area (Å²) in [4.78, 5) is 4.30. The minimum Gasteiger partial charge on any atom is -0.264 e. The Balaban J connectivity index is 2.48. The lowest BCUT2D eigenvalue weighted by Gasteiger charge is -2.18. The molecule has 3 rings (SSSR count). The molecule has 0 saturated heterocycles. The average Bonchev–Trinajstić information content (AvgIpc) is 2.78. The number of benzene rings is 1. The maximum atomic E-state index is 4.30. The van der Waals surface area contributed by atoms with E-state index in [1.807, 2.05) is 12.4 Å². The molecule has 1 aromatic carbocycles. The van der Waals surface area contributed by atoms with Gasteiger partial charge in [0.25, 0.3) is 0 Å². The Morgan fingerprint density at radius 2 is 1.88 bits per heavy atom. The van der Waals surface area contributed by atoms with Crippen LogP contribution in [0.25, 0.3) is 10.8 Å². The van der Waals surface area contributed by atoms with E-state index in [9.17, 15) is 0 Å². The van der Waals surface area contributed by atoms with Gasteiger partial charge in [0.2, 0.25) is 0 Å². The zero-order valence-electron chi connectivity index (χ0n) is 10.9. The Labute approximate surface area is 103 Å². The van der Waals surface area contributed by atoms with Gasteiger partial charge in [-0.25, -0.2) is 0 Å². The SMILES string of the molecule is Cc1c2c(c(C(C)C)c3ccncc13)CCC2. The van der Waals surface area contributed by atoms with Gasteiger partial charge in [-0.1, -0.05) is 13.8 Å². The molecule has 1 nitrogen and oxygen atoms in total. The summed E-state index contributed by atoms with van der Waals surface area (Å²) in [6, 6.07) is 2.19. The quantitative estimate of drug-likeness (QED) is 0.710. The van der Waals surface area contributed by atoms with E-state index in [1.165, 1.54) is 35.6 Å². The summed E-state index contributed by atoms with van der Waals surface area (Å²) in [6.45, 7) is 6.88. The maximum Gasteiger partial charge on any atom is 0.0349 e. The van der Waals surface area contributed by atoms with Crippen LogP contribution in [0, 0.1) is 6.92 Å². The predicted octanol–water partition coefficient (Wildman–Crippen LogP) is 4.16. The summed E-state index contributed by atoms with van der Waals surface area (Å²) in [5.41, 5.74) is 6.27. The summed E-state index contributed by atoms with van der Waals surface area (Å²) >= 11 is 0. The van der Waals surface area contributed by atoms with E-state index in [2.05, 4.69) is 31.8 Å². The van der Waals surface area contributed by atoms with Gasteiger partial charge in [0.15, 0.2) is 0 Å². The van der Waals surface area contributed by atoms with Crippen LogP contribution in [-0.4, -0.2) is 4.98 Å². The first kappa shape index (κ1) is 10.8. The van der Waals surface area contributed by atoms with Crippen LogP contribution in [0.1, 0.15) is 48.4 Å². The van der Waals surface area contributed by atoms with Crippen molar-refractivity contribution in [2.75, 3.05) is 0 Å². The van der Waals surface area contributed by atoms with Gasteiger partial charge in [0.1, 0.15) is 0 Å². The van der Waals surface area contributed by atoms with Gasteiger partial charge in [-0.2, -0.15) is 0 Å². The fourth-order valence-corrected chi connectivity index (χ4v) is 3.37. The van der Waals surface area contributed by atoms with E-state index in [4.69, 9.17) is 0 Å². The molecule has 0 unspecified atom stereocenters. The molecular formula is C16H19N. The lowest BCUT2D eigenvalue weighted by atomic mass is 9.87. The van der Waals surface area contributed by atoms with Gasteiger partial charge < -0.3 is 0 Å². The molecule has 0 atom stereocenters. The highest BCUT2D eigenvalue weighted by Gasteiger charge is 2.22. The van der Waals surface area contributed by atoms with Crippen molar-refractivity contribution < 1.29 is 0 Å². The van der Waals surface area contributed by atoms with Crippen LogP contribution in [0.15, 0.2) is 18.5 Å². The molecule has 2 aromatic rings. The number of hydrogen-bond acceptors (Lipinski definition) is 1. The lowest BCUT2D eigenvalue weighted by molar-refractivity contribution is 0.846. The number of rotatable bonds is 1. The van der Waals surface area contributed by atoms with Crippen LogP contribution in [0.3, 0.4) is 0 Å². The highest BCUT2D eigenvalue weighted by atomic mass is 14.6. The fourth-order valence-electron chi connectivity index (χ4n) is 3.37. The van der Waals surface area contributed by atoms with E-state index in [-0.39, 0.29) is 0 Å². The van der Waals surface area contributed by atoms with Crippen molar-refractivity contribution >= 4 is 10.8 Å². The van der Waals surface area contributed by atoms with Crippen LogP contribution in [0.5, 0.6) is 0 Å². The van der Waals surface area contributed by atoms with Crippen molar-refractivity contribution in [1.29, 1.82) is 0 Å². The molecule has 0 aliphatic heterocycles. The van der Waals surface area contributed by atoms with Crippen molar-refractivity contribution in [2.45, 2.75) is 46.0 Å². The third-order valence-electron chi connectivity index (χ3n) is 4.09. The van der Waals surface area contributed by atoms with E-state index in [1.54, 1.807) is 16.7 Å². The van der Waals surface area contributed by atoms with Crippen molar-refractivity contribution in [3.8, 4) is 0 Å². The molecule has 0 radical (unpaired) electrons. The number of hydrogen-bond donors (Lipinski definition) is 0.